The van der Waals surface area contributed by atoms with Crippen molar-refractivity contribution in [1.82, 2.24) is 4.72 Å². The number of nitrogens with two attached hydrogens (primary N) is 1. The molecule has 104 valence electrons. The molecule has 1 aromatic rings. The van der Waals surface area contributed by atoms with Gasteiger partial charge in [-0.05, 0) is 12.1 Å². The largest absolute Gasteiger partial charge is 0.478 e. The Hall–Kier alpha value is -1.35. The molecular formula is C9H8Cl2N2O5S. The second-order valence-corrected chi connectivity index (χ2v) is 5.85. The van der Waals surface area contributed by atoms with E-state index in [1.807, 2.05) is 4.72 Å². The van der Waals surface area contributed by atoms with E-state index >= 15 is 0 Å². The standard InChI is InChI=1S/C9H8Cl2N2O5S/c10-4-1-2-5(8(11)7(4)9(15)16)19(17,18)13-3-6(12)14/h1-2,13H,3H2,(H2,12,14)(H,15,16). The van der Waals surface area contributed by atoms with Crippen LogP contribution >= 0.6 is 23.2 Å². The number of primary amides is 1. The molecule has 7 nitrogen and oxygen atoms in total. The minimum Gasteiger partial charge on any atom is -0.478 e. The molecule has 0 aromatic heterocycles. The van der Waals surface area contributed by atoms with Crippen LogP contribution in [0.1, 0.15) is 10.4 Å². The molecule has 0 unspecified atom stereocenters. The lowest BCUT2D eigenvalue weighted by Gasteiger charge is -2.09. The monoisotopic (exact) mass is 326 g/mol. The predicted molar refractivity (Wildman–Crippen MR) is 67.8 cm³/mol. The Kier molecular flexibility index (Phi) is 4.75. The van der Waals surface area contributed by atoms with Gasteiger partial charge in [0.1, 0.15) is 4.90 Å². The van der Waals surface area contributed by atoms with Gasteiger partial charge in [-0.1, -0.05) is 23.2 Å². The van der Waals surface area contributed by atoms with Gasteiger partial charge in [-0.25, -0.2) is 17.9 Å². The van der Waals surface area contributed by atoms with Gasteiger partial charge in [-0.2, -0.15) is 0 Å². The third-order valence-electron chi connectivity index (χ3n) is 2.00. The Balaban J connectivity index is 3.33. The molecule has 0 fully saturated rings. The van der Waals surface area contributed by atoms with E-state index in [1.54, 1.807) is 0 Å². The number of carboxylic acids is 1. The van der Waals surface area contributed by atoms with Crippen LogP contribution in [-0.4, -0.2) is 31.9 Å². The van der Waals surface area contributed by atoms with Crippen LogP contribution in [0.2, 0.25) is 10.0 Å². The second-order valence-electron chi connectivity index (χ2n) is 3.33. The lowest BCUT2D eigenvalue weighted by Crippen LogP contribution is -2.33. The Labute approximate surface area is 118 Å². The molecule has 1 amide bonds. The summed E-state index contributed by atoms with van der Waals surface area (Å²) in [5.41, 5.74) is 4.27. The van der Waals surface area contributed by atoms with Crippen molar-refractivity contribution < 1.29 is 23.1 Å². The van der Waals surface area contributed by atoms with Crippen LogP contribution in [-0.2, 0) is 14.8 Å². The van der Waals surface area contributed by atoms with Gasteiger partial charge in [0.05, 0.1) is 22.2 Å². The van der Waals surface area contributed by atoms with E-state index in [9.17, 15) is 18.0 Å². The SMILES string of the molecule is NC(=O)CNS(=O)(=O)c1ccc(Cl)c(C(=O)O)c1Cl. The molecule has 10 heteroatoms. The summed E-state index contributed by atoms with van der Waals surface area (Å²) in [6.45, 7) is -0.635. The van der Waals surface area contributed by atoms with Gasteiger partial charge in [0.25, 0.3) is 0 Å². The molecule has 0 saturated carbocycles. The average molecular weight is 327 g/mol. The third-order valence-corrected chi connectivity index (χ3v) is 4.26. The molecule has 0 aliphatic carbocycles. The highest BCUT2D eigenvalue weighted by atomic mass is 35.5. The number of hydrogen-bond acceptors (Lipinski definition) is 4. The second kappa shape index (κ2) is 5.74. The van der Waals surface area contributed by atoms with Crippen LogP contribution in [0, 0.1) is 0 Å². The molecule has 0 heterocycles. The summed E-state index contributed by atoms with van der Waals surface area (Å²) in [6, 6.07) is 2.11. The van der Waals surface area contributed by atoms with Crippen molar-refractivity contribution in [1.29, 1.82) is 0 Å². The number of carbonyl (C=O) groups excluding carboxylic acids is 1. The van der Waals surface area contributed by atoms with Crippen molar-refractivity contribution in [3.05, 3.63) is 27.7 Å². The molecule has 0 aliphatic heterocycles. The van der Waals surface area contributed by atoms with Crippen LogP contribution in [0.25, 0.3) is 0 Å². The van der Waals surface area contributed by atoms with Gasteiger partial charge >= 0.3 is 5.97 Å². The maximum absolute atomic E-state index is 11.8. The van der Waals surface area contributed by atoms with Gasteiger partial charge in [0.15, 0.2) is 0 Å². The van der Waals surface area contributed by atoms with Gasteiger partial charge in [0, 0.05) is 0 Å². The molecule has 0 spiro atoms. The first-order chi connectivity index (χ1) is 8.66. The van der Waals surface area contributed by atoms with E-state index in [4.69, 9.17) is 34.0 Å². The fourth-order valence-electron chi connectivity index (χ4n) is 1.18. The zero-order chi connectivity index (χ0) is 14.8. The van der Waals surface area contributed by atoms with E-state index in [0.29, 0.717) is 0 Å². The summed E-state index contributed by atoms with van der Waals surface area (Å²) in [6.07, 6.45) is 0. The zero-order valence-electron chi connectivity index (χ0n) is 9.18. The lowest BCUT2D eigenvalue weighted by atomic mass is 10.2. The number of benzene rings is 1. The summed E-state index contributed by atoms with van der Waals surface area (Å²) < 4.78 is 25.5. The van der Waals surface area contributed by atoms with Crippen molar-refractivity contribution >= 4 is 45.1 Å². The maximum Gasteiger partial charge on any atom is 0.338 e. The van der Waals surface area contributed by atoms with Crippen LogP contribution in [0.5, 0.6) is 0 Å². The highest BCUT2D eigenvalue weighted by molar-refractivity contribution is 7.89. The number of sulfonamides is 1. The van der Waals surface area contributed by atoms with Crippen molar-refractivity contribution in [2.45, 2.75) is 4.90 Å². The van der Waals surface area contributed by atoms with E-state index in [-0.39, 0.29) is 5.02 Å². The summed E-state index contributed by atoms with van der Waals surface area (Å²) in [5, 5.41) is 8.15. The van der Waals surface area contributed by atoms with E-state index < -0.39 is 43.9 Å². The molecule has 0 atom stereocenters. The molecule has 19 heavy (non-hydrogen) atoms. The molecule has 0 saturated heterocycles. The number of hydrogen-bond donors (Lipinski definition) is 3. The molecule has 1 aromatic carbocycles. The number of amides is 1. The number of nitrogens with one attached hydrogen (secondary N) is 1. The topological polar surface area (TPSA) is 127 Å². The van der Waals surface area contributed by atoms with Crippen molar-refractivity contribution in [2.75, 3.05) is 6.54 Å². The maximum atomic E-state index is 11.8. The number of carbonyl (C=O) groups is 2. The van der Waals surface area contributed by atoms with Crippen LogP contribution in [0.4, 0.5) is 0 Å². The fourth-order valence-corrected chi connectivity index (χ4v) is 3.09. The molecule has 0 radical (unpaired) electrons. The Morgan fingerprint density at radius 2 is 1.89 bits per heavy atom. The molecular weight excluding hydrogens is 319 g/mol. The quantitative estimate of drug-likeness (QED) is 0.724. The summed E-state index contributed by atoms with van der Waals surface area (Å²) in [7, 11) is -4.16. The zero-order valence-corrected chi connectivity index (χ0v) is 11.5. The average Bonchev–Trinajstić information content (AvgIpc) is 2.25. The van der Waals surface area contributed by atoms with E-state index in [1.165, 1.54) is 0 Å². The predicted octanol–water partition coefficient (Wildman–Crippen LogP) is 0.455. The highest BCUT2D eigenvalue weighted by Gasteiger charge is 2.24. The number of carboxylic acid groups (broad SMARTS) is 1. The fraction of sp³-hybridized carbons (Fsp3) is 0.111. The van der Waals surface area contributed by atoms with E-state index in [0.717, 1.165) is 12.1 Å². The minimum atomic E-state index is -4.16. The Bertz CT molecular complexity index is 644. The molecule has 0 aliphatic rings. The highest BCUT2D eigenvalue weighted by Crippen LogP contribution is 2.30. The Morgan fingerprint density at radius 3 is 2.37 bits per heavy atom. The van der Waals surface area contributed by atoms with E-state index in [2.05, 4.69) is 0 Å². The summed E-state index contributed by atoms with van der Waals surface area (Å²) >= 11 is 11.3. The molecule has 1 rings (SSSR count). The minimum absolute atomic E-state index is 0.202. The Morgan fingerprint density at radius 1 is 1.32 bits per heavy atom. The summed E-state index contributed by atoms with van der Waals surface area (Å²) in [5.74, 6) is -2.37. The van der Waals surface area contributed by atoms with Crippen molar-refractivity contribution in [2.24, 2.45) is 5.73 Å². The van der Waals surface area contributed by atoms with Gasteiger partial charge < -0.3 is 10.8 Å². The van der Waals surface area contributed by atoms with Gasteiger partial charge in [-0.15, -0.1) is 0 Å². The first-order valence-corrected chi connectivity index (χ1v) is 6.90. The van der Waals surface area contributed by atoms with Crippen molar-refractivity contribution in [3.63, 3.8) is 0 Å². The van der Waals surface area contributed by atoms with Gasteiger partial charge in [-0.3, -0.25) is 4.79 Å². The lowest BCUT2D eigenvalue weighted by molar-refractivity contribution is -0.116. The number of halogens is 2. The van der Waals surface area contributed by atoms with Crippen LogP contribution in [0.15, 0.2) is 17.0 Å². The molecule has 4 N–H and O–H groups in total. The molecule has 0 bridgehead atoms. The normalized spacial score (nSPS) is 11.3. The van der Waals surface area contributed by atoms with Crippen molar-refractivity contribution in [3.8, 4) is 0 Å². The van der Waals surface area contributed by atoms with Crippen LogP contribution in [0.3, 0.4) is 0 Å². The summed E-state index contributed by atoms with van der Waals surface area (Å²) in [4.78, 5) is 21.0. The smallest absolute Gasteiger partial charge is 0.338 e. The van der Waals surface area contributed by atoms with Gasteiger partial charge in [0.2, 0.25) is 15.9 Å². The van der Waals surface area contributed by atoms with Crippen LogP contribution < -0.4 is 10.5 Å². The number of rotatable bonds is 5. The number of aromatic carboxylic acids is 1. The first-order valence-electron chi connectivity index (χ1n) is 4.66. The third kappa shape index (κ3) is 3.57. The first kappa shape index (κ1) is 15.7.